The summed E-state index contributed by atoms with van der Waals surface area (Å²) < 4.78 is 1.07. The second kappa shape index (κ2) is 14.8. The summed E-state index contributed by atoms with van der Waals surface area (Å²) in [6.07, 6.45) is 2.06. The smallest absolute Gasteiger partial charge is 0.255 e. The third kappa shape index (κ3) is 7.74. The molecule has 0 aliphatic rings. The number of amides is 1. The number of benzene rings is 5. The fraction of sp³-hybridized carbons (Fsp3) is 0.308. The Morgan fingerprint density at radius 1 is 0.674 bits per heavy atom. The van der Waals surface area contributed by atoms with Crippen LogP contribution in [0.15, 0.2) is 103 Å². The normalized spacial score (nSPS) is 11.4. The second-order valence-electron chi connectivity index (χ2n) is 12.0. The molecule has 43 heavy (non-hydrogen) atoms. The molecule has 0 bridgehead atoms. The van der Waals surface area contributed by atoms with Crippen LogP contribution in [-0.2, 0) is 13.1 Å². The van der Waals surface area contributed by atoms with E-state index in [2.05, 4.69) is 118 Å². The van der Waals surface area contributed by atoms with Gasteiger partial charge in [0, 0.05) is 18.7 Å². The van der Waals surface area contributed by atoms with Crippen LogP contribution in [0.4, 0.5) is 0 Å². The van der Waals surface area contributed by atoms with Crippen LogP contribution in [0.2, 0.25) is 0 Å². The fourth-order valence-electron chi connectivity index (χ4n) is 6.60. The van der Waals surface area contributed by atoms with Crippen molar-refractivity contribution < 1.29 is 26.3 Å². The molecule has 0 saturated heterocycles. The van der Waals surface area contributed by atoms with Gasteiger partial charge in [-0.05, 0) is 73.7 Å². The molecule has 0 atom stereocenters. The van der Waals surface area contributed by atoms with Crippen LogP contribution in [-0.4, -0.2) is 41.5 Å². The molecule has 5 aromatic carbocycles. The lowest BCUT2D eigenvalue weighted by Gasteiger charge is -2.37. The number of aryl methyl sites for hydroxylation is 2. The Bertz CT molecular complexity index is 1580. The van der Waals surface area contributed by atoms with Gasteiger partial charge in [0.1, 0.15) is 6.54 Å². The minimum atomic E-state index is 0. The van der Waals surface area contributed by atoms with Gasteiger partial charge in [-0.3, -0.25) is 4.79 Å². The highest BCUT2D eigenvalue weighted by molar-refractivity contribution is 6.18. The van der Waals surface area contributed by atoms with Crippen LogP contribution in [0, 0.1) is 13.8 Å². The van der Waals surface area contributed by atoms with Crippen molar-refractivity contribution in [3.05, 3.63) is 131 Å². The minimum Gasteiger partial charge on any atom is -1.00 e. The van der Waals surface area contributed by atoms with E-state index in [1.165, 1.54) is 16.7 Å². The standard InChI is InChI=1S/C39H45N2O.BrH/c1-5-41(6-2,29-33-25-30(3)24-31(4)26-33)23-15-14-22-40(28-32-16-8-7-9-17-32)39(42)38-36-20-12-10-18-34(36)27-35-19-11-13-21-37(35)38;/h7-13,16-21,24-27H,5-6,14-15,22-23,28-29H2,1-4H3;1H/q+1;/p-1. The lowest BCUT2D eigenvalue weighted by molar-refractivity contribution is -0.938. The Morgan fingerprint density at radius 2 is 1.23 bits per heavy atom. The van der Waals surface area contributed by atoms with E-state index >= 15 is 0 Å². The third-order valence-electron chi connectivity index (χ3n) is 8.94. The molecule has 0 N–H and O–H groups in total. The van der Waals surface area contributed by atoms with Crippen molar-refractivity contribution >= 4 is 27.5 Å². The van der Waals surface area contributed by atoms with E-state index in [0.29, 0.717) is 6.54 Å². The molecule has 4 heteroatoms. The van der Waals surface area contributed by atoms with E-state index in [9.17, 15) is 4.79 Å². The molecule has 0 heterocycles. The van der Waals surface area contributed by atoms with E-state index in [1.807, 2.05) is 18.2 Å². The number of hydrogen-bond donors (Lipinski definition) is 0. The second-order valence-corrected chi connectivity index (χ2v) is 12.0. The highest BCUT2D eigenvalue weighted by Crippen LogP contribution is 2.30. The van der Waals surface area contributed by atoms with E-state index in [1.54, 1.807) is 0 Å². The Labute approximate surface area is 268 Å². The first-order valence-electron chi connectivity index (χ1n) is 15.6. The molecule has 0 aliphatic heterocycles. The highest BCUT2D eigenvalue weighted by Gasteiger charge is 2.25. The van der Waals surface area contributed by atoms with E-state index < -0.39 is 0 Å². The predicted molar refractivity (Wildman–Crippen MR) is 178 cm³/mol. The van der Waals surface area contributed by atoms with Crippen LogP contribution in [0.25, 0.3) is 21.5 Å². The van der Waals surface area contributed by atoms with Crippen molar-refractivity contribution in [1.82, 2.24) is 4.90 Å². The molecular formula is C39H45BrN2O. The van der Waals surface area contributed by atoms with E-state index in [0.717, 1.165) is 82.7 Å². The van der Waals surface area contributed by atoms with E-state index in [-0.39, 0.29) is 22.9 Å². The third-order valence-corrected chi connectivity index (χ3v) is 8.94. The molecule has 5 aromatic rings. The summed E-state index contributed by atoms with van der Waals surface area (Å²) in [5, 5.41) is 4.28. The summed E-state index contributed by atoms with van der Waals surface area (Å²) in [4.78, 5) is 16.6. The van der Waals surface area contributed by atoms with Gasteiger partial charge in [-0.2, -0.15) is 0 Å². The number of hydrogen-bond acceptors (Lipinski definition) is 1. The predicted octanol–water partition coefficient (Wildman–Crippen LogP) is 6.09. The Morgan fingerprint density at radius 3 is 1.81 bits per heavy atom. The summed E-state index contributed by atoms with van der Waals surface area (Å²) in [5.74, 6) is 0.119. The maximum atomic E-state index is 14.5. The molecule has 0 unspecified atom stereocenters. The Kier molecular flexibility index (Phi) is 11.2. The summed E-state index contributed by atoms with van der Waals surface area (Å²) in [7, 11) is 0. The number of quaternary nitrogens is 1. The quantitative estimate of drug-likeness (QED) is 0.0922. The van der Waals surface area contributed by atoms with Gasteiger partial charge < -0.3 is 26.4 Å². The van der Waals surface area contributed by atoms with Crippen molar-refractivity contribution in [3.63, 3.8) is 0 Å². The maximum Gasteiger partial charge on any atom is 0.255 e. The molecule has 0 spiro atoms. The molecular weight excluding hydrogens is 592 g/mol. The average molecular weight is 638 g/mol. The molecule has 0 aromatic heterocycles. The first-order valence-corrected chi connectivity index (χ1v) is 15.6. The van der Waals surface area contributed by atoms with Gasteiger partial charge >= 0.3 is 0 Å². The van der Waals surface area contributed by atoms with Crippen molar-refractivity contribution in [2.24, 2.45) is 0 Å². The van der Waals surface area contributed by atoms with Gasteiger partial charge in [0.2, 0.25) is 0 Å². The zero-order valence-electron chi connectivity index (χ0n) is 26.2. The summed E-state index contributed by atoms with van der Waals surface area (Å²) in [6.45, 7) is 14.8. The van der Waals surface area contributed by atoms with Crippen LogP contribution in [0.1, 0.15) is 59.3 Å². The Hall–Kier alpha value is -3.47. The number of nitrogens with zero attached hydrogens (tertiary/aromatic N) is 2. The lowest BCUT2D eigenvalue weighted by Crippen LogP contribution is -3.00. The largest absolute Gasteiger partial charge is 1.00 e. The molecule has 0 fully saturated rings. The number of unbranched alkanes of at least 4 members (excludes halogenated alkanes) is 1. The van der Waals surface area contributed by atoms with Crippen molar-refractivity contribution in [2.75, 3.05) is 26.2 Å². The average Bonchev–Trinajstić information content (AvgIpc) is 3.00. The fourth-order valence-corrected chi connectivity index (χ4v) is 6.60. The molecule has 3 nitrogen and oxygen atoms in total. The number of rotatable bonds is 12. The van der Waals surface area contributed by atoms with Crippen LogP contribution in [0.3, 0.4) is 0 Å². The Balaban J connectivity index is 0.00000423. The first-order chi connectivity index (χ1) is 20.4. The van der Waals surface area contributed by atoms with Crippen LogP contribution in [0.5, 0.6) is 0 Å². The molecule has 224 valence electrons. The molecule has 0 aliphatic carbocycles. The minimum absolute atomic E-state index is 0. The van der Waals surface area contributed by atoms with Gasteiger partial charge in [-0.1, -0.05) is 108 Å². The van der Waals surface area contributed by atoms with E-state index in [4.69, 9.17) is 0 Å². The van der Waals surface area contributed by atoms with Gasteiger partial charge in [-0.25, -0.2) is 0 Å². The zero-order valence-corrected chi connectivity index (χ0v) is 27.7. The van der Waals surface area contributed by atoms with Crippen LogP contribution >= 0.6 is 0 Å². The molecule has 5 rings (SSSR count). The highest BCUT2D eigenvalue weighted by atomic mass is 79.9. The summed E-state index contributed by atoms with van der Waals surface area (Å²) in [5.41, 5.74) is 6.09. The number of fused-ring (bicyclic) bond motifs is 2. The summed E-state index contributed by atoms with van der Waals surface area (Å²) >= 11 is 0. The van der Waals surface area contributed by atoms with Crippen molar-refractivity contribution in [1.29, 1.82) is 0 Å². The van der Waals surface area contributed by atoms with Gasteiger partial charge in [-0.15, -0.1) is 0 Å². The van der Waals surface area contributed by atoms with Crippen LogP contribution < -0.4 is 17.0 Å². The topological polar surface area (TPSA) is 20.3 Å². The zero-order chi connectivity index (χ0) is 29.5. The van der Waals surface area contributed by atoms with Crippen molar-refractivity contribution in [2.45, 2.75) is 53.6 Å². The monoisotopic (exact) mass is 636 g/mol. The number of carbonyl (C=O) groups is 1. The van der Waals surface area contributed by atoms with Gasteiger partial charge in [0.25, 0.3) is 5.91 Å². The number of carbonyl (C=O) groups excluding carboxylic acids is 1. The lowest BCUT2D eigenvalue weighted by atomic mass is 9.95. The van der Waals surface area contributed by atoms with Crippen molar-refractivity contribution in [3.8, 4) is 0 Å². The summed E-state index contributed by atoms with van der Waals surface area (Å²) in [6, 6.07) is 36.2. The SMILES string of the molecule is CC[N+](CC)(CCCCN(Cc1ccccc1)C(=O)c1c2ccccc2cc2ccccc12)Cc1cc(C)cc(C)c1.[Br-]. The van der Waals surface area contributed by atoms with Gasteiger partial charge in [0.15, 0.2) is 0 Å². The van der Waals surface area contributed by atoms with Gasteiger partial charge in [0.05, 0.1) is 25.2 Å². The molecule has 0 radical (unpaired) electrons. The molecule has 1 amide bonds. The molecule has 0 saturated carbocycles. The first kappa shape index (κ1) is 32.4. The number of halogens is 1. The maximum absolute atomic E-state index is 14.5.